The third-order valence-corrected chi connectivity index (χ3v) is 3.09. The number of rotatable bonds is 4. The van der Waals surface area contributed by atoms with Gasteiger partial charge in [-0.1, -0.05) is 13.8 Å². The van der Waals surface area contributed by atoms with Gasteiger partial charge in [0.25, 0.3) is 0 Å². The van der Waals surface area contributed by atoms with Crippen molar-refractivity contribution in [1.82, 2.24) is 5.32 Å². The van der Waals surface area contributed by atoms with Gasteiger partial charge in [-0.25, -0.2) is 0 Å². The minimum absolute atomic E-state index is 0.0236. The van der Waals surface area contributed by atoms with E-state index in [1.54, 1.807) is 0 Å². The van der Waals surface area contributed by atoms with Gasteiger partial charge in [0.1, 0.15) is 0 Å². The molecule has 0 radical (unpaired) electrons. The van der Waals surface area contributed by atoms with E-state index in [4.69, 9.17) is 10.2 Å². The highest BCUT2D eigenvalue weighted by atomic mass is 16.3. The van der Waals surface area contributed by atoms with Gasteiger partial charge >= 0.3 is 0 Å². The fraction of sp³-hybridized carbons (Fsp3) is 1.00. The molecular formula is C11H23NO2. The second kappa shape index (κ2) is 5.69. The van der Waals surface area contributed by atoms with E-state index in [1.807, 2.05) is 0 Å². The molecule has 0 aromatic heterocycles. The number of hydrogen-bond donors (Lipinski definition) is 3. The molecule has 2 atom stereocenters. The molecule has 0 unspecified atom stereocenters. The SMILES string of the molecule is C[C@@H]1CC(NC(CO)CO)C[C@@H](C)C1. The van der Waals surface area contributed by atoms with Crippen molar-refractivity contribution in [2.24, 2.45) is 11.8 Å². The Morgan fingerprint density at radius 1 is 1.07 bits per heavy atom. The third-order valence-electron chi connectivity index (χ3n) is 3.09. The first-order valence-corrected chi connectivity index (χ1v) is 5.63. The van der Waals surface area contributed by atoms with E-state index >= 15 is 0 Å². The van der Waals surface area contributed by atoms with Crippen LogP contribution >= 0.6 is 0 Å². The van der Waals surface area contributed by atoms with Gasteiger partial charge < -0.3 is 15.5 Å². The molecule has 14 heavy (non-hydrogen) atoms. The summed E-state index contributed by atoms with van der Waals surface area (Å²) in [5, 5.41) is 21.2. The van der Waals surface area contributed by atoms with Gasteiger partial charge in [-0.15, -0.1) is 0 Å². The highest BCUT2D eigenvalue weighted by Gasteiger charge is 2.25. The second-order valence-corrected chi connectivity index (χ2v) is 4.84. The van der Waals surface area contributed by atoms with Crippen molar-refractivity contribution in [3.05, 3.63) is 0 Å². The third kappa shape index (κ3) is 3.56. The van der Waals surface area contributed by atoms with Gasteiger partial charge in [0.2, 0.25) is 0 Å². The van der Waals surface area contributed by atoms with Crippen molar-refractivity contribution < 1.29 is 10.2 Å². The van der Waals surface area contributed by atoms with Gasteiger partial charge in [-0.3, -0.25) is 0 Å². The molecule has 0 spiro atoms. The average Bonchev–Trinajstić information content (AvgIpc) is 2.12. The van der Waals surface area contributed by atoms with E-state index in [0.29, 0.717) is 6.04 Å². The summed E-state index contributed by atoms with van der Waals surface area (Å²) >= 11 is 0. The Labute approximate surface area is 86.5 Å². The zero-order valence-electron chi connectivity index (χ0n) is 9.24. The van der Waals surface area contributed by atoms with Crippen molar-refractivity contribution in [3.8, 4) is 0 Å². The molecule has 1 rings (SSSR count). The first-order valence-electron chi connectivity index (χ1n) is 5.63. The van der Waals surface area contributed by atoms with Crippen LogP contribution in [-0.2, 0) is 0 Å². The molecular weight excluding hydrogens is 178 g/mol. The number of hydrogen-bond acceptors (Lipinski definition) is 3. The van der Waals surface area contributed by atoms with Crippen LogP contribution in [0.2, 0.25) is 0 Å². The minimum Gasteiger partial charge on any atom is -0.395 e. The van der Waals surface area contributed by atoms with Crippen LogP contribution in [0.3, 0.4) is 0 Å². The standard InChI is InChI=1S/C11H23NO2/c1-8-3-9(2)5-10(4-8)12-11(6-13)7-14/h8-14H,3-7H2,1-2H3/t8-,9-/m0/s1. The topological polar surface area (TPSA) is 52.5 Å². The molecule has 0 bridgehead atoms. The molecule has 0 aliphatic heterocycles. The lowest BCUT2D eigenvalue weighted by Crippen LogP contribution is -2.45. The van der Waals surface area contributed by atoms with Crippen LogP contribution in [0.4, 0.5) is 0 Å². The van der Waals surface area contributed by atoms with Crippen molar-refractivity contribution in [2.75, 3.05) is 13.2 Å². The summed E-state index contributed by atoms with van der Waals surface area (Å²) in [7, 11) is 0. The van der Waals surface area contributed by atoms with Gasteiger partial charge in [-0.05, 0) is 31.1 Å². The van der Waals surface area contributed by atoms with Crippen molar-refractivity contribution in [3.63, 3.8) is 0 Å². The summed E-state index contributed by atoms with van der Waals surface area (Å²) in [6.45, 7) is 4.60. The first-order chi connectivity index (χ1) is 6.65. The smallest absolute Gasteiger partial charge is 0.0607 e. The molecule has 3 N–H and O–H groups in total. The Bertz CT molecular complexity index is 149. The molecule has 1 saturated carbocycles. The summed E-state index contributed by atoms with van der Waals surface area (Å²) < 4.78 is 0. The van der Waals surface area contributed by atoms with Gasteiger partial charge in [0, 0.05) is 6.04 Å². The van der Waals surface area contributed by atoms with Crippen LogP contribution in [0.1, 0.15) is 33.1 Å². The predicted molar refractivity (Wildman–Crippen MR) is 57.1 cm³/mol. The van der Waals surface area contributed by atoms with Crippen LogP contribution < -0.4 is 5.32 Å². The maximum absolute atomic E-state index is 8.97. The Hall–Kier alpha value is -0.120. The van der Waals surface area contributed by atoms with Gasteiger partial charge in [0.15, 0.2) is 0 Å². The number of aliphatic hydroxyl groups excluding tert-OH is 2. The molecule has 0 saturated heterocycles. The van der Waals surface area contributed by atoms with E-state index in [1.165, 1.54) is 19.3 Å². The van der Waals surface area contributed by atoms with Crippen molar-refractivity contribution in [2.45, 2.75) is 45.2 Å². The largest absolute Gasteiger partial charge is 0.395 e. The highest BCUT2D eigenvalue weighted by molar-refractivity contribution is 4.82. The van der Waals surface area contributed by atoms with Crippen LogP contribution in [0, 0.1) is 11.8 Å². The fourth-order valence-electron chi connectivity index (χ4n) is 2.58. The Balaban J connectivity index is 2.35. The number of nitrogens with one attached hydrogen (secondary N) is 1. The van der Waals surface area contributed by atoms with E-state index < -0.39 is 0 Å². The summed E-state index contributed by atoms with van der Waals surface area (Å²) in [6, 6.07) is 0.329. The average molecular weight is 201 g/mol. The molecule has 1 aliphatic rings. The molecule has 3 nitrogen and oxygen atoms in total. The lowest BCUT2D eigenvalue weighted by Gasteiger charge is -2.34. The zero-order valence-corrected chi connectivity index (χ0v) is 9.24. The molecule has 3 heteroatoms. The van der Waals surface area contributed by atoms with E-state index in [2.05, 4.69) is 19.2 Å². The molecule has 1 fully saturated rings. The molecule has 1 aliphatic carbocycles. The van der Waals surface area contributed by atoms with Gasteiger partial charge in [-0.2, -0.15) is 0 Å². The normalized spacial score (nSPS) is 33.6. The Kier molecular flexibility index (Phi) is 4.85. The minimum atomic E-state index is -0.141. The zero-order chi connectivity index (χ0) is 10.6. The monoisotopic (exact) mass is 201 g/mol. The number of aliphatic hydroxyl groups is 2. The summed E-state index contributed by atoms with van der Waals surface area (Å²) in [4.78, 5) is 0. The van der Waals surface area contributed by atoms with E-state index in [-0.39, 0.29) is 19.3 Å². The Morgan fingerprint density at radius 2 is 1.57 bits per heavy atom. The lowest BCUT2D eigenvalue weighted by atomic mass is 9.80. The lowest BCUT2D eigenvalue weighted by molar-refractivity contribution is 0.140. The van der Waals surface area contributed by atoms with Gasteiger partial charge in [0.05, 0.1) is 19.3 Å². The van der Waals surface area contributed by atoms with Crippen molar-refractivity contribution >= 4 is 0 Å². The first kappa shape index (κ1) is 12.0. The van der Waals surface area contributed by atoms with E-state index in [9.17, 15) is 0 Å². The maximum Gasteiger partial charge on any atom is 0.0607 e. The summed E-state index contributed by atoms with van der Waals surface area (Å²) in [6.07, 6.45) is 3.64. The fourth-order valence-corrected chi connectivity index (χ4v) is 2.58. The predicted octanol–water partition coefficient (Wildman–Crippen LogP) is 0.754. The van der Waals surface area contributed by atoms with Crippen molar-refractivity contribution in [1.29, 1.82) is 0 Å². The quantitative estimate of drug-likeness (QED) is 0.629. The molecule has 0 aromatic rings. The highest BCUT2D eigenvalue weighted by Crippen LogP contribution is 2.28. The van der Waals surface area contributed by atoms with Crippen LogP contribution in [0.25, 0.3) is 0 Å². The molecule has 0 aromatic carbocycles. The van der Waals surface area contributed by atoms with Crippen LogP contribution in [0.15, 0.2) is 0 Å². The maximum atomic E-state index is 8.97. The molecule has 0 amide bonds. The molecule has 84 valence electrons. The van der Waals surface area contributed by atoms with E-state index in [0.717, 1.165) is 11.8 Å². The molecule has 0 heterocycles. The van der Waals surface area contributed by atoms with Crippen LogP contribution in [0.5, 0.6) is 0 Å². The van der Waals surface area contributed by atoms with Crippen LogP contribution in [-0.4, -0.2) is 35.5 Å². The summed E-state index contributed by atoms with van der Waals surface area (Å²) in [5.41, 5.74) is 0. The summed E-state index contributed by atoms with van der Waals surface area (Å²) in [5.74, 6) is 1.52. The Morgan fingerprint density at radius 3 is 2.00 bits per heavy atom. The second-order valence-electron chi connectivity index (χ2n) is 4.84.